The number of ether oxygens (including phenoxy) is 1. The van der Waals surface area contributed by atoms with Crippen molar-refractivity contribution < 1.29 is 9.53 Å². The smallest absolute Gasteiger partial charge is 0.273 e. The third-order valence-corrected chi connectivity index (χ3v) is 4.59. The lowest BCUT2D eigenvalue weighted by Crippen LogP contribution is -2.30. The van der Waals surface area contributed by atoms with Gasteiger partial charge in [0.1, 0.15) is 6.10 Å². The number of thiazole rings is 1. The molecule has 3 aromatic rings. The summed E-state index contributed by atoms with van der Waals surface area (Å²) < 4.78 is 5.81. The van der Waals surface area contributed by atoms with Gasteiger partial charge in [0.2, 0.25) is 0 Å². The van der Waals surface area contributed by atoms with E-state index in [2.05, 4.69) is 9.97 Å². The Balaban J connectivity index is 1.49. The predicted octanol–water partition coefficient (Wildman–Crippen LogP) is 2.92. The fourth-order valence-corrected chi connectivity index (χ4v) is 3.39. The second-order valence-corrected chi connectivity index (χ2v) is 6.18. The van der Waals surface area contributed by atoms with E-state index in [9.17, 15) is 4.79 Å². The van der Waals surface area contributed by atoms with Crippen LogP contribution in [0.1, 0.15) is 16.8 Å². The maximum Gasteiger partial charge on any atom is 0.273 e. The highest BCUT2D eigenvalue weighted by molar-refractivity contribution is 7.11. The van der Waals surface area contributed by atoms with Crippen molar-refractivity contribution in [3.05, 3.63) is 47.6 Å². The molecule has 1 fully saturated rings. The fourth-order valence-electron chi connectivity index (χ4n) is 2.84. The van der Waals surface area contributed by atoms with Gasteiger partial charge in [0.25, 0.3) is 11.1 Å². The number of nitrogens with zero attached hydrogens (tertiary/aromatic N) is 2. The van der Waals surface area contributed by atoms with Crippen LogP contribution in [0.25, 0.3) is 10.9 Å². The SMILES string of the molecule is O=C(c1c[nH]c2ccccc12)N1CCC(Oc2nccs2)C1. The second-order valence-electron chi connectivity index (χ2n) is 5.33. The molecular formula is C16H15N3O2S. The third kappa shape index (κ3) is 2.35. The maximum atomic E-state index is 12.7. The number of H-pyrrole nitrogens is 1. The summed E-state index contributed by atoms with van der Waals surface area (Å²) >= 11 is 1.48. The zero-order valence-electron chi connectivity index (χ0n) is 11.9. The average Bonchev–Trinajstić information content (AvgIpc) is 3.27. The van der Waals surface area contributed by atoms with Crippen molar-refractivity contribution in [3.8, 4) is 5.19 Å². The zero-order valence-corrected chi connectivity index (χ0v) is 12.7. The first-order valence-corrected chi connectivity index (χ1v) is 8.11. The van der Waals surface area contributed by atoms with E-state index in [1.165, 1.54) is 11.3 Å². The summed E-state index contributed by atoms with van der Waals surface area (Å²) in [4.78, 5) is 21.8. The first-order chi connectivity index (χ1) is 10.8. The molecule has 0 aliphatic carbocycles. The van der Waals surface area contributed by atoms with Crippen molar-refractivity contribution in [2.75, 3.05) is 13.1 Å². The van der Waals surface area contributed by atoms with Crippen molar-refractivity contribution in [1.82, 2.24) is 14.9 Å². The largest absolute Gasteiger partial charge is 0.465 e. The molecule has 4 rings (SSSR count). The number of fused-ring (bicyclic) bond motifs is 1. The minimum Gasteiger partial charge on any atom is -0.465 e. The molecule has 22 heavy (non-hydrogen) atoms. The number of benzene rings is 1. The van der Waals surface area contributed by atoms with Gasteiger partial charge in [-0.3, -0.25) is 4.79 Å². The molecule has 0 radical (unpaired) electrons. The van der Waals surface area contributed by atoms with Crippen LogP contribution in [0.4, 0.5) is 0 Å². The van der Waals surface area contributed by atoms with Crippen molar-refractivity contribution in [1.29, 1.82) is 0 Å². The van der Waals surface area contributed by atoms with Crippen LogP contribution in [-0.4, -0.2) is 40.0 Å². The molecule has 0 spiro atoms. The number of likely N-dealkylation sites (tertiary alicyclic amines) is 1. The van der Waals surface area contributed by atoms with Crippen LogP contribution in [0.15, 0.2) is 42.0 Å². The molecule has 2 aromatic heterocycles. The number of rotatable bonds is 3. The second kappa shape index (κ2) is 5.46. The van der Waals surface area contributed by atoms with Crippen molar-refractivity contribution in [2.24, 2.45) is 0 Å². The standard InChI is InChI=1S/C16H15N3O2S/c20-15(13-9-18-14-4-2-1-3-12(13)14)19-7-5-11(10-19)21-16-17-6-8-22-16/h1-4,6,8-9,11,18H,5,7,10H2. The van der Waals surface area contributed by atoms with Crippen molar-refractivity contribution in [2.45, 2.75) is 12.5 Å². The monoisotopic (exact) mass is 313 g/mol. The Kier molecular flexibility index (Phi) is 3.31. The van der Waals surface area contributed by atoms with Gasteiger partial charge < -0.3 is 14.6 Å². The van der Waals surface area contributed by atoms with Crippen LogP contribution >= 0.6 is 11.3 Å². The quantitative estimate of drug-likeness (QED) is 0.809. The molecule has 1 aliphatic heterocycles. The van der Waals surface area contributed by atoms with E-state index in [0.29, 0.717) is 18.3 Å². The predicted molar refractivity (Wildman–Crippen MR) is 85.3 cm³/mol. The van der Waals surface area contributed by atoms with Gasteiger partial charge >= 0.3 is 0 Å². The molecule has 3 heterocycles. The van der Waals surface area contributed by atoms with E-state index in [4.69, 9.17) is 4.74 Å². The molecule has 1 aromatic carbocycles. The van der Waals surface area contributed by atoms with Gasteiger partial charge in [-0.2, -0.15) is 0 Å². The van der Waals surface area contributed by atoms with Crippen molar-refractivity contribution >= 4 is 28.1 Å². The van der Waals surface area contributed by atoms with Gasteiger partial charge in [-0.1, -0.05) is 29.5 Å². The lowest BCUT2D eigenvalue weighted by molar-refractivity contribution is 0.0774. The maximum absolute atomic E-state index is 12.7. The van der Waals surface area contributed by atoms with E-state index in [1.54, 1.807) is 12.4 Å². The third-order valence-electron chi connectivity index (χ3n) is 3.93. The van der Waals surface area contributed by atoms with Crippen LogP contribution < -0.4 is 4.74 Å². The number of carbonyl (C=O) groups is 1. The van der Waals surface area contributed by atoms with E-state index in [-0.39, 0.29) is 12.0 Å². The first kappa shape index (κ1) is 13.3. The Hall–Kier alpha value is -2.34. The van der Waals surface area contributed by atoms with Gasteiger partial charge in [0.15, 0.2) is 0 Å². The number of amides is 1. The molecule has 1 amide bonds. The lowest BCUT2D eigenvalue weighted by Gasteiger charge is -2.16. The molecule has 1 unspecified atom stereocenters. The zero-order chi connectivity index (χ0) is 14.9. The molecule has 1 saturated heterocycles. The number of carbonyl (C=O) groups excluding carboxylic acids is 1. The summed E-state index contributed by atoms with van der Waals surface area (Å²) in [7, 11) is 0. The molecule has 0 saturated carbocycles. The van der Waals surface area contributed by atoms with Gasteiger partial charge in [0, 0.05) is 41.6 Å². The highest BCUT2D eigenvalue weighted by Crippen LogP contribution is 2.24. The van der Waals surface area contributed by atoms with E-state index < -0.39 is 0 Å². The number of para-hydroxylation sites is 1. The minimum absolute atomic E-state index is 0.0281. The number of nitrogens with one attached hydrogen (secondary N) is 1. The van der Waals surface area contributed by atoms with E-state index in [1.807, 2.05) is 34.5 Å². The minimum atomic E-state index is 0.0281. The Labute approximate surface area is 131 Å². The normalized spacial score (nSPS) is 18.0. The molecule has 6 heteroatoms. The van der Waals surface area contributed by atoms with Gasteiger partial charge in [-0.25, -0.2) is 4.98 Å². The van der Waals surface area contributed by atoms with Gasteiger partial charge in [0.05, 0.1) is 12.1 Å². The summed E-state index contributed by atoms with van der Waals surface area (Å²) in [6, 6.07) is 7.86. The van der Waals surface area contributed by atoms with Crippen LogP contribution in [0.2, 0.25) is 0 Å². The average molecular weight is 313 g/mol. The molecule has 1 aliphatic rings. The van der Waals surface area contributed by atoms with Crippen LogP contribution in [-0.2, 0) is 0 Å². The summed E-state index contributed by atoms with van der Waals surface area (Å²) in [6.45, 7) is 1.33. The first-order valence-electron chi connectivity index (χ1n) is 7.23. The Morgan fingerprint density at radius 1 is 1.41 bits per heavy atom. The van der Waals surface area contributed by atoms with Gasteiger partial charge in [-0.05, 0) is 6.07 Å². The van der Waals surface area contributed by atoms with E-state index in [0.717, 1.165) is 22.9 Å². The van der Waals surface area contributed by atoms with Crippen LogP contribution in [0, 0.1) is 0 Å². The van der Waals surface area contributed by atoms with Gasteiger partial charge in [-0.15, -0.1) is 0 Å². The van der Waals surface area contributed by atoms with E-state index >= 15 is 0 Å². The number of hydrogen-bond acceptors (Lipinski definition) is 4. The summed E-state index contributed by atoms with van der Waals surface area (Å²) in [5.74, 6) is 0.0580. The Bertz CT molecular complexity index is 797. The van der Waals surface area contributed by atoms with Crippen LogP contribution in [0.3, 0.4) is 0 Å². The molecule has 112 valence electrons. The molecule has 5 nitrogen and oxygen atoms in total. The number of hydrogen-bond donors (Lipinski definition) is 1. The molecule has 1 atom stereocenters. The highest BCUT2D eigenvalue weighted by atomic mass is 32.1. The topological polar surface area (TPSA) is 58.2 Å². The molecule has 1 N–H and O–H groups in total. The Morgan fingerprint density at radius 3 is 3.18 bits per heavy atom. The number of aromatic amines is 1. The van der Waals surface area contributed by atoms with Crippen molar-refractivity contribution in [3.63, 3.8) is 0 Å². The molecular weight excluding hydrogens is 298 g/mol. The summed E-state index contributed by atoms with van der Waals surface area (Å²) in [5.41, 5.74) is 1.71. The lowest BCUT2D eigenvalue weighted by atomic mass is 10.1. The fraction of sp³-hybridized carbons (Fsp3) is 0.250. The van der Waals surface area contributed by atoms with Crippen LogP contribution in [0.5, 0.6) is 5.19 Å². The summed E-state index contributed by atoms with van der Waals surface area (Å²) in [6.07, 6.45) is 4.39. The number of aromatic nitrogens is 2. The molecule has 0 bridgehead atoms. The summed E-state index contributed by atoms with van der Waals surface area (Å²) in [5, 5.41) is 3.53. The Morgan fingerprint density at radius 2 is 2.32 bits per heavy atom. The highest BCUT2D eigenvalue weighted by Gasteiger charge is 2.29.